The van der Waals surface area contributed by atoms with Crippen molar-refractivity contribution in [2.75, 3.05) is 13.7 Å². The van der Waals surface area contributed by atoms with Crippen molar-refractivity contribution in [3.05, 3.63) is 22.4 Å². The molecule has 0 spiro atoms. The van der Waals surface area contributed by atoms with E-state index in [-0.39, 0.29) is 24.5 Å². The number of esters is 1. The normalized spacial score (nSPS) is 14.0. The molecule has 2 N–H and O–H groups in total. The molecule has 1 amide bonds. The zero-order chi connectivity index (χ0) is 17.5. The molecule has 0 aromatic carbocycles. The van der Waals surface area contributed by atoms with Crippen molar-refractivity contribution in [2.45, 2.75) is 51.8 Å². The molecule has 130 valence electrons. The SMILES string of the molecule is COC(=O)CC(NC(C)CNC(=O)OC(C)(C)C)c1cccs1. The van der Waals surface area contributed by atoms with Crippen LogP contribution in [0.25, 0.3) is 0 Å². The molecule has 1 aromatic rings. The lowest BCUT2D eigenvalue weighted by molar-refractivity contribution is -0.141. The van der Waals surface area contributed by atoms with Gasteiger partial charge in [0.1, 0.15) is 5.60 Å². The Labute approximate surface area is 141 Å². The molecule has 0 aliphatic heterocycles. The fraction of sp³-hybridized carbons (Fsp3) is 0.625. The van der Waals surface area contributed by atoms with Crippen LogP contribution >= 0.6 is 11.3 Å². The fourth-order valence-electron chi connectivity index (χ4n) is 1.93. The number of thiophene rings is 1. The highest BCUT2D eigenvalue weighted by Crippen LogP contribution is 2.23. The van der Waals surface area contributed by atoms with Crippen molar-refractivity contribution in [1.82, 2.24) is 10.6 Å². The van der Waals surface area contributed by atoms with Gasteiger partial charge in [0.2, 0.25) is 0 Å². The lowest BCUT2D eigenvalue weighted by atomic mass is 10.1. The van der Waals surface area contributed by atoms with E-state index in [1.54, 1.807) is 11.3 Å². The molecule has 0 saturated carbocycles. The summed E-state index contributed by atoms with van der Waals surface area (Å²) in [7, 11) is 1.38. The standard InChI is InChI=1S/C16H26N2O4S/c1-11(10-17-15(20)22-16(2,3)4)18-12(9-14(19)21-5)13-7-6-8-23-13/h6-8,11-12,18H,9-10H2,1-5H3,(H,17,20). The van der Waals surface area contributed by atoms with Gasteiger partial charge in [0, 0.05) is 17.5 Å². The number of nitrogens with one attached hydrogen (secondary N) is 2. The van der Waals surface area contributed by atoms with Crippen molar-refractivity contribution in [3.8, 4) is 0 Å². The fourth-order valence-corrected chi connectivity index (χ4v) is 2.72. The highest BCUT2D eigenvalue weighted by molar-refractivity contribution is 7.10. The first-order valence-electron chi connectivity index (χ1n) is 7.54. The van der Waals surface area contributed by atoms with E-state index in [2.05, 4.69) is 10.6 Å². The third-order valence-electron chi connectivity index (χ3n) is 2.92. The average molecular weight is 342 g/mol. The van der Waals surface area contributed by atoms with Gasteiger partial charge in [0.05, 0.1) is 19.6 Å². The summed E-state index contributed by atoms with van der Waals surface area (Å²) in [6.45, 7) is 7.79. The molecule has 0 radical (unpaired) electrons. The van der Waals surface area contributed by atoms with Gasteiger partial charge >= 0.3 is 12.1 Å². The van der Waals surface area contributed by atoms with Crippen LogP contribution in [0, 0.1) is 0 Å². The Balaban J connectivity index is 2.52. The van der Waals surface area contributed by atoms with Crippen LogP contribution in [0.4, 0.5) is 4.79 Å². The third kappa shape index (κ3) is 7.99. The first-order valence-corrected chi connectivity index (χ1v) is 8.42. The summed E-state index contributed by atoms with van der Waals surface area (Å²) in [4.78, 5) is 24.3. The van der Waals surface area contributed by atoms with E-state index in [1.807, 2.05) is 45.2 Å². The van der Waals surface area contributed by atoms with Crippen LogP contribution in [0.2, 0.25) is 0 Å². The van der Waals surface area contributed by atoms with Gasteiger partial charge in [0.25, 0.3) is 0 Å². The van der Waals surface area contributed by atoms with E-state index in [1.165, 1.54) is 7.11 Å². The molecule has 1 rings (SSSR count). The summed E-state index contributed by atoms with van der Waals surface area (Å²) in [5, 5.41) is 8.03. The summed E-state index contributed by atoms with van der Waals surface area (Å²) >= 11 is 1.58. The molecule has 0 aliphatic rings. The predicted octanol–water partition coefficient (Wildman–Crippen LogP) is 2.86. The maximum Gasteiger partial charge on any atom is 0.407 e. The van der Waals surface area contributed by atoms with Gasteiger partial charge in [-0.1, -0.05) is 6.07 Å². The van der Waals surface area contributed by atoms with Crippen molar-refractivity contribution in [1.29, 1.82) is 0 Å². The molecule has 0 saturated heterocycles. The molecule has 2 atom stereocenters. The smallest absolute Gasteiger partial charge is 0.407 e. The highest BCUT2D eigenvalue weighted by Gasteiger charge is 2.21. The Morgan fingerprint density at radius 3 is 2.57 bits per heavy atom. The maximum absolute atomic E-state index is 11.7. The lowest BCUT2D eigenvalue weighted by Gasteiger charge is -2.24. The minimum Gasteiger partial charge on any atom is -0.469 e. The Morgan fingerprint density at radius 1 is 1.35 bits per heavy atom. The van der Waals surface area contributed by atoms with Crippen molar-refractivity contribution < 1.29 is 19.1 Å². The zero-order valence-electron chi connectivity index (χ0n) is 14.3. The van der Waals surface area contributed by atoms with Crippen LogP contribution < -0.4 is 10.6 Å². The van der Waals surface area contributed by atoms with Crippen molar-refractivity contribution in [2.24, 2.45) is 0 Å². The van der Waals surface area contributed by atoms with Gasteiger partial charge in [-0.3, -0.25) is 4.79 Å². The van der Waals surface area contributed by atoms with Crippen LogP contribution in [0.3, 0.4) is 0 Å². The Morgan fingerprint density at radius 2 is 2.04 bits per heavy atom. The molecule has 23 heavy (non-hydrogen) atoms. The third-order valence-corrected chi connectivity index (χ3v) is 3.91. The number of methoxy groups -OCH3 is 1. The summed E-state index contributed by atoms with van der Waals surface area (Å²) in [5.41, 5.74) is -0.523. The summed E-state index contributed by atoms with van der Waals surface area (Å²) < 4.78 is 9.95. The Bertz CT molecular complexity index is 497. The average Bonchev–Trinajstić information content (AvgIpc) is 2.96. The quantitative estimate of drug-likeness (QED) is 0.745. The van der Waals surface area contributed by atoms with Crippen LogP contribution in [-0.4, -0.2) is 37.4 Å². The minimum absolute atomic E-state index is 0.0284. The molecular weight excluding hydrogens is 316 g/mol. The number of alkyl carbamates (subject to hydrolysis) is 1. The van der Waals surface area contributed by atoms with E-state index in [4.69, 9.17) is 9.47 Å². The van der Waals surface area contributed by atoms with Gasteiger partial charge in [-0.25, -0.2) is 4.79 Å². The lowest BCUT2D eigenvalue weighted by Crippen LogP contribution is -2.42. The molecule has 1 aromatic heterocycles. The number of hydrogen-bond acceptors (Lipinski definition) is 6. The van der Waals surface area contributed by atoms with Gasteiger partial charge in [-0.15, -0.1) is 11.3 Å². The van der Waals surface area contributed by atoms with Gasteiger partial charge in [-0.2, -0.15) is 0 Å². The number of carbonyl (C=O) groups is 2. The van der Waals surface area contributed by atoms with E-state index in [0.29, 0.717) is 6.54 Å². The van der Waals surface area contributed by atoms with Gasteiger partial charge in [-0.05, 0) is 39.1 Å². The molecule has 0 aliphatic carbocycles. The first-order chi connectivity index (χ1) is 10.7. The molecule has 6 nitrogen and oxygen atoms in total. The number of ether oxygens (including phenoxy) is 2. The molecule has 1 heterocycles. The summed E-state index contributed by atoms with van der Waals surface area (Å²) in [6.07, 6.45) is -0.208. The number of rotatable bonds is 7. The number of hydrogen-bond donors (Lipinski definition) is 2. The van der Waals surface area contributed by atoms with Crippen LogP contribution in [0.15, 0.2) is 17.5 Å². The second-order valence-electron chi connectivity index (χ2n) is 6.30. The largest absolute Gasteiger partial charge is 0.469 e. The monoisotopic (exact) mass is 342 g/mol. The van der Waals surface area contributed by atoms with Crippen LogP contribution in [-0.2, 0) is 14.3 Å². The number of amides is 1. The van der Waals surface area contributed by atoms with E-state index < -0.39 is 11.7 Å². The van der Waals surface area contributed by atoms with E-state index in [0.717, 1.165) is 4.88 Å². The zero-order valence-corrected chi connectivity index (χ0v) is 15.2. The Kier molecular flexibility index (Phi) is 7.51. The topological polar surface area (TPSA) is 76.7 Å². The number of carbonyl (C=O) groups excluding carboxylic acids is 2. The van der Waals surface area contributed by atoms with Crippen LogP contribution in [0.1, 0.15) is 45.0 Å². The minimum atomic E-state index is -0.523. The van der Waals surface area contributed by atoms with Crippen LogP contribution in [0.5, 0.6) is 0 Å². The van der Waals surface area contributed by atoms with Gasteiger partial charge < -0.3 is 20.1 Å². The molecule has 0 bridgehead atoms. The molecule has 7 heteroatoms. The molecular formula is C16H26N2O4S. The maximum atomic E-state index is 11.7. The van der Waals surface area contributed by atoms with E-state index in [9.17, 15) is 9.59 Å². The van der Waals surface area contributed by atoms with Gasteiger partial charge in [0.15, 0.2) is 0 Å². The first kappa shape index (κ1) is 19.4. The molecule has 2 unspecified atom stereocenters. The van der Waals surface area contributed by atoms with Crippen molar-refractivity contribution >= 4 is 23.4 Å². The molecule has 0 fully saturated rings. The summed E-state index contributed by atoms with van der Waals surface area (Å²) in [5.74, 6) is -0.275. The van der Waals surface area contributed by atoms with E-state index >= 15 is 0 Å². The second-order valence-corrected chi connectivity index (χ2v) is 7.28. The Hall–Kier alpha value is -1.60. The summed E-state index contributed by atoms with van der Waals surface area (Å²) in [6, 6.07) is 3.74. The predicted molar refractivity (Wildman–Crippen MR) is 90.5 cm³/mol. The highest BCUT2D eigenvalue weighted by atomic mass is 32.1. The second kappa shape index (κ2) is 8.88. The van der Waals surface area contributed by atoms with Crippen molar-refractivity contribution in [3.63, 3.8) is 0 Å².